The van der Waals surface area contributed by atoms with E-state index in [1.807, 2.05) is 16.7 Å². The third-order valence-electron chi connectivity index (χ3n) is 2.52. The first kappa shape index (κ1) is 11.7. The Morgan fingerprint density at radius 1 is 1.50 bits per heavy atom. The van der Waals surface area contributed by atoms with Gasteiger partial charge in [0, 0.05) is 19.1 Å². The fourth-order valence-electron chi connectivity index (χ4n) is 1.59. The summed E-state index contributed by atoms with van der Waals surface area (Å²) in [4.78, 5) is 13.5. The Hall–Kier alpha value is -0.380. The zero-order chi connectivity index (χ0) is 10.4. The summed E-state index contributed by atoms with van der Waals surface area (Å²) in [7, 11) is 0. The lowest BCUT2D eigenvalue weighted by Crippen LogP contribution is -2.42. The van der Waals surface area contributed by atoms with Gasteiger partial charge in [0.05, 0.1) is 0 Å². The van der Waals surface area contributed by atoms with E-state index in [-0.39, 0.29) is 6.03 Å². The molecule has 3 nitrogen and oxygen atoms in total. The molecule has 82 valence electrons. The molecule has 1 aliphatic rings. The van der Waals surface area contributed by atoms with Gasteiger partial charge >= 0.3 is 6.03 Å². The molecule has 1 aliphatic heterocycles. The zero-order valence-electron chi connectivity index (χ0n) is 9.08. The minimum absolute atomic E-state index is 0.121. The van der Waals surface area contributed by atoms with Gasteiger partial charge in [-0.3, -0.25) is 0 Å². The van der Waals surface area contributed by atoms with Crippen LogP contribution in [0.15, 0.2) is 0 Å². The number of nitrogens with one attached hydrogen (secondary N) is 1. The maximum atomic E-state index is 11.6. The number of thioether (sulfide) groups is 1. The molecule has 0 aromatic heterocycles. The summed E-state index contributed by atoms with van der Waals surface area (Å²) < 4.78 is 0. The Morgan fingerprint density at radius 2 is 2.14 bits per heavy atom. The summed E-state index contributed by atoms with van der Waals surface area (Å²) in [6, 6.07) is 0.423. The maximum Gasteiger partial charge on any atom is 0.317 e. The van der Waals surface area contributed by atoms with Crippen molar-refractivity contribution in [1.29, 1.82) is 0 Å². The van der Waals surface area contributed by atoms with Crippen molar-refractivity contribution < 1.29 is 4.79 Å². The van der Waals surface area contributed by atoms with Crippen molar-refractivity contribution in [3.63, 3.8) is 0 Å². The minimum Gasteiger partial charge on any atom is -0.336 e. The Balaban J connectivity index is 2.18. The fourth-order valence-corrected chi connectivity index (χ4v) is 2.18. The van der Waals surface area contributed by atoms with Gasteiger partial charge in [0.1, 0.15) is 0 Å². The molecule has 1 heterocycles. The number of hydrogen-bond acceptors (Lipinski definition) is 2. The Kier molecular flexibility index (Phi) is 5.15. The quantitative estimate of drug-likeness (QED) is 0.779. The standard InChI is InChI=1S/C10H20N2OS/c1-9(5-8-14-2)11-10(13)12-6-3-4-7-12/h9H,3-8H2,1-2H3,(H,11,13). The molecule has 14 heavy (non-hydrogen) atoms. The van der Waals surface area contributed by atoms with Gasteiger partial charge in [-0.25, -0.2) is 4.79 Å². The second kappa shape index (κ2) is 6.17. The highest BCUT2D eigenvalue weighted by Crippen LogP contribution is 2.08. The number of carbonyl (C=O) groups excluding carboxylic acids is 1. The maximum absolute atomic E-state index is 11.6. The van der Waals surface area contributed by atoms with Crippen molar-refractivity contribution in [2.75, 3.05) is 25.1 Å². The number of carbonyl (C=O) groups is 1. The molecule has 0 aromatic carbocycles. The highest BCUT2D eigenvalue weighted by Gasteiger charge is 2.18. The van der Waals surface area contributed by atoms with Crippen molar-refractivity contribution in [2.24, 2.45) is 0 Å². The van der Waals surface area contributed by atoms with Crippen LogP contribution in [0.1, 0.15) is 26.2 Å². The van der Waals surface area contributed by atoms with Crippen LogP contribution in [0, 0.1) is 0 Å². The SMILES string of the molecule is CSCCC(C)NC(=O)N1CCCC1. The molecule has 0 bridgehead atoms. The van der Waals surface area contributed by atoms with Crippen LogP contribution in [-0.2, 0) is 0 Å². The van der Waals surface area contributed by atoms with Gasteiger partial charge in [-0.2, -0.15) is 11.8 Å². The van der Waals surface area contributed by atoms with Gasteiger partial charge in [0.25, 0.3) is 0 Å². The normalized spacial score (nSPS) is 18.3. The van der Waals surface area contributed by atoms with Crippen LogP contribution in [0.4, 0.5) is 4.79 Å². The van der Waals surface area contributed by atoms with Crippen LogP contribution in [0.25, 0.3) is 0 Å². The van der Waals surface area contributed by atoms with E-state index in [9.17, 15) is 4.79 Å². The molecule has 0 aliphatic carbocycles. The highest BCUT2D eigenvalue weighted by molar-refractivity contribution is 7.98. The monoisotopic (exact) mass is 216 g/mol. The number of rotatable bonds is 4. The van der Waals surface area contributed by atoms with E-state index in [0.717, 1.165) is 38.1 Å². The van der Waals surface area contributed by atoms with Gasteiger partial charge in [-0.15, -0.1) is 0 Å². The van der Waals surface area contributed by atoms with Gasteiger partial charge in [0.2, 0.25) is 0 Å². The number of hydrogen-bond donors (Lipinski definition) is 1. The average Bonchev–Trinajstić information content (AvgIpc) is 2.67. The third kappa shape index (κ3) is 3.78. The smallest absolute Gasteiger partial charge is 0.317 e. The topological polar surface area (TPSA) is 32.3 Å². The van der Waals surface area contributed by atoms with E-state index < -0.39 is 0 Å². The lowest BCUT2D eigenvalue weighted by Gasteiger charge is -2.20. The van der Waals surface area contributed by atoms with Crippen molar-refractivity contribution in [3.05, 3.63) is 0 Å². The minimum atomic E-state index is 0.121. The zero-order valence-corrected chi connectivity index (χ0v) is 9.90. The van der Waals surface area contributed by atoms with Crippen molar-refractivity contribution in [3.8, 4) is 0 Å². The number of nitrogens with zero attached hydrogens (tertiary/aromatic N) is 1. The van der Waals surface area contributed by atoms with Gasteiger partial charge < -0.3 is 10.2 Å². The summed E-state index contributed by atoms with van der Waals surface area (Å²) in [5.41, 5.74) is 0. The summed E-state index contributed by atoms with van der Waals surface area (Å²) in [5, 5.41) is 3.03. The number of urea groups is 1. The molecule has 0 radical (unpaired) electrons. The van der Waals surface area contributed by atoms with E-state index in [0.29, 0.717) is 6.04 Å². The molecule has 1 atom stereocenters. The first-order valence-electron chi connectivity index (χ1n) is 5.28. The van der Waals surface area contributed by atoms with Crippen molar-refractivity contribution in [2.45, 2.75) is 32.2 Å². The molecule has 1 unspecified atom stereocenters. The summed E-state index contributed by atoms with van der Waals surface area (Å²) in [5.74, 6) is 1.11. The molecule has 0 aromatic rings. The van der Waals surface area contributed by atoms with E-state index >= 15 is 0 Å². The molecule has 1 saturated heterocycles. The van der Waals surface area contributed by atoms with Gasteiger partial charge in [-0.05, 0) is 38.2 Å². The lowest BCUT2D eigenvalue weighted by molar-refractivity contribution is 0.205. The molecular formula is C10H20N2OS. The van der Waals surface area contributed by atoms with Crippen LogP contribution in [0.3, 0.4) is 0 Å². The number of amides is 2. The summed E-state index contributed by atoms with van der Waals surface area (Å²) in [6.07, 6.45) is 5.47. The largest absolute Gasteiger partial charge is 0.336 e. The van der Waals surface area contributed by atoms with Crippen molar-refractivity contribution >= 4 is 17.8 Å². The van der Waals surface area contributed by atoms with E-state index in [1.54, 1.807) is 0 Å². The van der Waals surface area contributed by atoms with Crippen LogP contribution in [0.2, 0.25) is 0 Å². The molecule has 0 saturated carbocycles. The average molecular weight is 216 g/mol. The first-order valence-corrected chi connectivity index (χ1v) is 6.68. The summed E-state index contributed by atoms with van der Waals surface area (Å²) >= 11 is 1.82. The predicted molar refractivity (Wildman–Crippen MR) is 61.8 cm³/mol. The van der Waals surface area contributed by atoms with Crippen molar-refractivity contribution in [1.82, 2.24) is 10.2 Å². The lowest BCUT2D eigenvalue weighted by atomic mass is 10.3. The van der Waals surface area contributed by atoms with Crippen LogP contribution in [0.5, 0.6) is 0 Å². The van der Waals surface area contributed by atoms with Crippen LogP contribution in [-0.4, -0.2) is 42.1 Å². The second-order valence-corrected chi connectivity index (χ2v) is 4.81. The van der Waals surface area contributed by atoms with E-state index in [2.05, 4.69) is 18.5 Å². The fraction of sp³-hybridized carbons (Fsp3) is 0.900. The molecule has 0 spiro atoms. The van der Waals surface area contributed by atoms with Gasteiger partial charge in [-0.1, -0.05) is 0 Å². The summed E-state index contributed by atoms with van der Waals surface area (Å²) in [6.45, 7) is 3.94. The molecule has 1 fully saturated rings. The van der Waals surface area contributed by atoms with Gasteiger partial charge in [0.15, 0.2) is 0 Å². The van der Waals surface area contributed by atoms with Crippen LogP contribution >= 0.6 is 11.8 Å². The Morgan fingerprint density at radius 3 is 2.71 bits per heavy atom. The molecule has 1 N–H and O–H groups in total. The number of likely N-dealkylation sites (tertiary alicyclic amines) is 1. The molecule has 1 rings (SSSR count). The first-order chi connectivity index (χ1) is 6.74. The molecular weight excluding hydrogens is 196 g/mol. The third-order valence-corrected chi connectivity index (χ3v) is 3.16. The Bertz CT molecular complexity index is 181. The predicted octanol–water partition coefficient (Wildman–Crippen LogP) is 1.93. The van der Waals surface area contributed by atoms with Crippen LogP contribution < -0.4 is 5.32 Å². The second-order valence-electron chi connectivity index (χ2n) is 3.83. The van der Waals surface area contributed by atoms with E-state index in [4.69, 9.17) is 0 Å². The highest BCUT2D eigenvalue weighted by atomic mass is 32.2. The molecule has 2 amide bonds. The Labute approximate surface area is 90.6 Å². The van der Waals surface area contributed by atoms with E-state index in [1.165, 1.54) is 0 Å². The molecule has 4 heteroatoms.